The standard InChI is InChI=1S/C31H38N2O7/c1-7-39-29(35)26-18-23-22-17-21(37-5)13-14-24(22)33(30(36)40-31(2,3)4)28(23)25(15-16-27(34)38-6)32(26)19-20-11-9-8-10-12-20/h8-14,17,25-26H,7,15-16,18-19H2,1-6H3/t25-,26-/m1/s1. The summed E-state index contributed by atoms with van der Waals surface area (Å²) in [7, 11) is 2.93. The van der Waals surface area contributed by atoms with E-state index >= 15 is 0 Å². The third-order valence-corrected chi connectivity index (χ3v) is 7.03. The lowest BCUT2D eigenvalue weighted by atomic mass is 9.88. The Morgan fingerprint density at radius 1 is 1.02 bits per heavy atom. The van der Waals surface area contributed by atoms with E-state index in [2.05, 4.69) is 0 Å². The largest absolute Gasteiger partial charge is 0.497 e. The van der Waals surface area contributed by atoms with E-state index in [4.69, 9.17) is 18.9 Å². The van der Waals surface area contributed by atoms with Gasteiger partial charge in [-0.1, -0.05) is 30.3 Å². The average Bonchev–Trinajstić information content (AvgIpc) is 3.25. The number of benzene rings is 2. The smallest absolute Gasteiger partial charge is 0.419 e. The third kappa shape index (κ3) is 6.14. The number of aromatic nitrogens is 1. The van der Waals surface area contributed by atoms with Crippen molar-refractivity contribution in [2.75, 3.05) is 20.8 Å². The van der Waals surface area contributed by atoms with E-state index < -0.39 is 23.8 Å². The van der Waals surface area contributed by atoms with Gasteiger partial charge in [0, 0.05) is 24.8 Å². The van der Waals surface area contributed by atoms with Crippen molar-refractivity contribution in [3.8, 4) is 5.75 Å². The molecule has 0 spiro atoms. The molecule has 2 atom stereocenters. The van der Waals surface area contributed by atoms with Crippen molar-refractivity contribution in [3.63, 3.8) is 0 Å². The number of methoxy groups -OCH3 is 2. The molecule has 3 aromatic rings. The summed E-state index contributed by atoms with van der Waals surface area (Å²) >= 11 is 0. The Hall–Kier alpha value is -3.85. The Morgan fingerprint density at radius 2 is 1.75 bits per heavy atom. The molecular formula is C31H38N2O7. The van der Waals surface area contributed by atoms with Crippen LogP contribution in [0.5, 0.6) is 5.75 Å². The van der Waals surface area contributed by atoms with Crippen molar-refractivity contribution in [1.29, 1.82) is 0 Å². The second kappa shape index (κ2) is 12.1. The quantitative estimate of drug-likeness (QED) is 0.271. The molecule has 214 valence electrons. The van der Waals surface area contributed by atoms with Gasteiger partial charge in [0.25, 0.3) is 0 Å². The van der Waals surface area contributed by atoms with Crippen LogP contribution in [0.4, 0.5) is 4.79 Å². The summed E-state index contributed by atoms with van der Waals surface area (Å²) in [5, 5.41) is 0.789. The number of fused-ring (bicyclic) bond motifs is 3. The molecule has 9 heteroatoms. The van der Waals surface area contributed by atoms with Gasteiger partial charge in [0.05, 0.1) is 38.1 Å². The minimum Gasteiger partial charge on any atom is -0.497 e. The predicted octanol–water partition coefficient (Wildman–Crippen LogP) is 5.42. The fraction of sp³-hybridized carbons (Fsp3) is 0.452. The molecule has 0 aliphatic carbocycles. The van der Waals surface area contributed by atoms with Crippen LogP contribution in [-0.4, -0.2) is 60.0 Å². The van der Waals surface area contributed by atoms with Gasteiger partial charge in [0.15, 0.2) is 0 Å². The highest BCUT2D eigenvalue weighted by Gasteiger charge is 2.43. The zero-order chi connectivity index (χ0) is 29.0. The number of ether oxygens (including phenoxy) is 4. The van der Waals surface area contributed by atoms with Gasteiger partial charge in [-0.3, -0.25) is 14.5 Å². The van der Waals surface area contributed by atoms with E-state index in [1.807, 2.05) is 68.1 Å². The van der Waals surface area contributed by atoms with Gasteiger partial charge in [-0.05, 0) is 63.4 Å². The summed E-state index contributed by atoms with van der Waals surface area (Å²) in [6.07, 6.45) is 0.204. The highest BCUT2D eigenvalue weighted by Crippen LogP contribution is 2.44. The monoisotopic (exact) mass is 550 g/mol. The maximum Gasteiger partial charge on any atom is 0.419 e. The van der Waals surface area contributed by atoms with E-state index in [-0.39, 0.29) is 25.0 Å². The lowest BCUT2D eigenvalue weighted by Crippen LogP contribution is -2.49. The first-order valence-corrected chi connectivity index (χ1v) is 13.6. The second-order valence-electron chi connectivity index (χ2n) is 10.8. The number of hydrogen-bond donors (Lipinski definition) is 0. The second-order valence-corrected chi connectivity index (χ2v) is 10.8. The highest BCUT2D eigenvalue weighted by atomic mass is 16.6. The molecule has 1 aliphatic rings. The molecule has 40 heavy (non-hydrogen) atoms. The molecule has 0 saturated carbocycles. The SMILES string of the molecule is CCOC(=O)[C@H]1Cc2c(n(C(=O)OC(C)(C)C)c3ccc(OC)cc23)[C@@H](CCC(=O)OC)N1Cc1ccccc1. The molecule has 1 aliphatic heterocycles. The lowest BCUT2D eigenvalue weighted by Gasteiger charge is -2.41. The molecule has 0 amide bonds. The highest BCUT2D eigenvalue weighted by molar-refractivity contribution is 5.96. The lowest BCUT2D eigenvalue weighted by molar-refractivity contribution is -0.151. The first-order chi connectivity index (χ1) is 19.1. The maximum atomic E-state index is 13.8. The van der Waals surface area contributed by atoms with Crippen LogP contribution >= 0.6 is 0 Å². The van der Waals surface area contributed by atoms with Crippen molar-refractivity contribution in [2.45, 2.75) is 71.2 Å². The van der Waals surface area contributed by atoms with E-state index in [9.17, 15) is 14.4 Å². The van der Waals surface area contributed by atoms with E-state index in [0.29, 0.717) is 36.3 Å². The fourth-order valence-electron chi connectivity index (χ4n) is 5.37. The molecule has 0 saturated heterocycles. The third-order valence-electron chi connectivity index (χ3n) is 7.03. The number of carbonyl (C=O) groups excluding carboxylic acids is 3. The van der Waals surface area contributed by atoms with Gasteiger partial charge in [0.2, 0.25) is 0 Å². The van der Waals surface area contributed by atoms with Gasteiger partial charge in [-0.15, -0.1) is 0 Å². The first-order valence-electron chi connectivity index (χ1n) is 13.6. The van der Waals surface area contributed by atoms with Gasteiger partial charge < -0.3 is 18.9 Å². The minimum atomic E-state index is -0.736. The molecule has 9 nitrogen and oxygen atoms in total. The summed E-state index contributed by atoms with van der Waals surface area (Å²) in [4.78, 5) is 41.7. The van der Waals surface area contributed by atoms with Crippen LogP contribution in [0.3, 0.4) is 0 Å². The minimum absolute atomic E-state index is 0.0978. The Kier molecular flexibility index (Phi) is 8.83. The maximum absolute atomic E-state index is 13.8. The summed E-state index contributed by atoms with van der Waals surface area (Å²) in [6, 6.07) is 14.2. The van der Waals surface area contributed by atoms with E-state index in [0.717, 1.165) is 16.5 Å². The molecule has 0 radical (unpaired) electrons. The topological polar surface area (TPSA) is 96.3 Å². The molecule has 0 unspecified atom stereocenters. The van der Waals surface area contributed by atoms with Crippen LogP contribution in [0, 0.1) is 0 Å². The van der Waals surface area contributed by atoms with Crippen LogP contribution < -0.4 is 4.74 Å². The Morgan fingerprint density at radius 3 is 2.38 bits per heavy atom. The van der Waals surface area contributed by atoms with Crippen LogP contribution in [0.2, 0.25) is 0 Å². The molecule has 0 N–H and O–H groups in total. The molecule has 1 aromatic heterocycles. The van der Waals surface area contributed by atoms with E-state index in [1.165, 1.54) is 7.11 Å². The number of esters is 2. The summed E-state index contributed by atoms with van der Waals surface area (Å²) in [5.74, 6) is -0.101. The van der Waals surface area contributed by atoms with Crippen LogP contribution in [0.1, 0.15) is 63.4 Å². The van der Waals surface area contributed by atoms with E-state index in [1.54, 1.807) is 24.7 Å². The van der Waals surface area contributed by atoms with Crippen LogP contribution in [-0.2, 0) is 36.8 Å². The van der Waals surface area contributed by atoms with Gasteiger partial charge in [-0.25, -0.2) is 9.36 Å². The zero-order valence-electron chi connectivity index (χ0n) is 24.1. The normalized spacial score (nSPS) is 17.2. The van der Waals surface area contributed by atoms with Gasteiger partial charge in [0.1, 0.15) is 17.4 Å². The number of hydrogen-bond acceptors (Lipinski definition) is 8. The van der Waals surface area contributed by atoms with Crippen LogP contribution in [0.15, 0.2) is 48.5 Å². The summed E-state index contributed by atoms with van der Waals surface area (Å²) in [6.45, 7) is 7.88. The van der Waals surface area contributed by atoms with Gasteiger partial charge >= 0.3 is 18.0 Å². The molecule has 0 bridgehead atoms. The Bertz CT molecular complexity index is 1370. The fourth-order valence-corrected chi connectivity index (χ4v) is 5.37. The predicted molar refractivity (Wildman–Crippen MR) is 150 cm³/mol. The Labute approximate surface area is 234 Å². The van der Waals surface area contributed by atoms with Crippen molar-refractivity contribution in [3.05, 3.63) is 65.4 Å². The van der Waals surface area contributed by atoms with Gasteiger partial charge in [-0.2, -0.15) is 0 Å². The van der Waals surface area contributed by atoms with Crippen LogP contribution in [0.25, 0.3) is 10.9 Å². The molecule has 4 rings (SSSR count). The first kappa shape index (κ1) is 29.1. The molecule has 0 fully saturated rings. The molecule has 2 aromatic carbocycles. The average molecular weight is 551 g/mol. The zero-order valence-corrected chi connectivity index (χ0v) is 24.1. The molecule has 2 heterocycles. The van der Waals surface area contributed by atoms with Crippen molar-refractivity contribution >= 4 is 28.9 Å². The van der Waals surface area contributed by atoms with Crippen molar-refractivity contribution in [2.24, 2.45) is 0 Å². The Balaban J connectivity index is 1.98. The van der Waals surface area contributed by atoms with Crippen molar-refractivity contribution in [1.82, 2.24) is 9.47 Å². The summed E-state index contributed by atoms with van der Waals surface area (Å²) in [5.41, 5.74) is 2.42. The summed E-state index contributed by atoms with van der Waals surface area (Å²) < 4.78 is 23.5. The molecular weight excluding hydrogens is 512 g/mol. The number of carbonyl (C=O) groups is 3. The number of rotatable bonds is 8. The number of nitrogens with zero attached hydrogens (tertiary/aromatic N) is 2. The van der Waals surface area contributed by atoms with Crippen molar-refractivity contribution < 1.29 is 33.3 Å².